The monoisotopic (exact) mass is 342 g/mol. The minimum atomic E-state index is -0.158. The van der Waals surface area contributed by atoms with Gasteiger partial charge in [-0.2, -0.15) is 0 Å². The van der Waals surface area contributed by atoms with Crippen molar-refractivity contribution in [1.29, 1.82) is 0 Å². The average Bonchev–Trinajstić information content (AvgIpc) is 3.10. The first kappa shape index (κ1) is 15.5. The largest absolute Gasteiger partial charge is 0.472 e. The number of benzene rings is 1. The number of carbonyl (C=O) groups excluding carboxylic acids is 1. The number of piperidine rings is 1. The summed E-state index contributed by atoms with van der Waals surface area (Å²) in [7, 11) is 0. The highest BCUT2D eigenvalue weighted by Crippen LogP contribution is 2.34. The Morgan fingerprint density at radius 2 is 2.20 bits per heavy atom. The number of urea groups is 1. The van der Waals surface area contributed by atoms with Crippen LogP contribution in [-0.4, -0.2) is 46.9 Å². The number of rotatable bonds is 3. The first-order chi connectivity index (χ1) is 12.3. The molecule has 0 spiro atoms. The second-order valence-electron chi connectivity index (χ2n) is 5.87. The van der Waals surface area contributed by atoms with E-state index in [0.29, 0.717) is 36.2 Å². The van der Waals surface area contributed by atoms with Crippen LogP contribution in [0.1, 0.15) is 12.8 Å². The van der Waals surface area contributed by atoms with E-state index in [9.17, 15) is 4.79 Å². The van der Waals surface area contributed by atoms with Crippen molar-refractivity contribution in [2.24, 2.45) is 0 Å². The third kappa shape index (κ3) is 3.57. The van der Waals surface area contributed by atoms with Gasteiger partial charge in [0.2, 0.25) is 12.7 Å². The van der Waals surface area contributed by atoms with Gasteiger partial charge in [0.05, 0.1) is 6.54 Å². The van der Waals surface area contributed by atoms with E-state index in [4.69, 9.17) is 14.2 Å². The Morgan fingerprint density at radius 3 is 3.08 bits per heavy atom. The van der Waals surface area contributed by atoms with Gasteiger partial charge in [0.25, 0.3) is 0 Å². The predicted molar refractivity (Wildman–Crippen MR) is 88.8 cm³/mol. The molecule has 1 fully saturated rings. The Kier molecular flexibility index (Phi) is 4.24. The minimum Gasteiger partial charge on any atom is -0.472 e. The Hall–Kier alpha value is -3.03. The van der Waals surface area contributed by atoms with Crippen molar-refractivity contribution in [3.63, 3.8) is 0 Å². The van der Waals surface area contributed by atoms with Gasteiger partial charge < -0.3 is 24.4 Å². The molecular formula is C17H18N4O4. The van der Waals surface area contributed by atoms with Crippen LogP contribution in [0, 0.1) is 0 Å². The van der Waals surface area contributed by atoms with Gasteiger partial charge in [0.1, 0.15) is 12.4 Å². The molecule has 0 aliphatic carbocycles. The number of anilines is 1. The van der Waals surface area contributed by atoms with Crippen LogP contribution in [-0.2, 0) is 0 Å². The molecule has 0 radical (unpaired) electrons. The molecule has 1 aromatic carbocycles. The van der Waals surface area contributed by atoms with Crippen molar-refractivity contribution < 1.29 is 19.0 Å². The SMILES string of the molecule is O=C(Nc1ccc2c(c1)OCO2)N1CCCC(Oc2ccncn2)C1. The lowest BCUT2D eigenvalue weighted by Gasteiger charge is -2.32. The van der Waals surface area contributed by atoms with Gasteiger partial charge in [-0.25, -0.2) is 14.8 Å². The molecule has 4 rings (SSSR count). The van der Waals surface area contributed by atoms with E-state index in [0.717, 1.165) is 12.8 Å². The highest BCUT2D eigenvalue weighted by atomic mass is 16.7. The molecule has 8 heteroatoms. The van der Waals surface area contributed by atoms with E-state index >= 15 is 0 Å². The number of hydrogen-bond donors (Lipinski definition) is 1. The summed E-state index contributed by atoms with van der Waals surface area (Å²) >= 11 is 0. The van der Waals surface area contributed by atoms with Gasteiger partial charge in [-0.05, 0) is 25.0 Å². The molecular weight excluding hydrogens is 324 g/mol. The quantitative estimate of drug-likeness (QED) is 0.921. The number of hydrogen-bond acceptors (Lipinski definition) is 6. The Labute approximate surface area is 144 Å². The summed E-state index contributed by atoms with van der Waals surface area (Å²) in [6.45, 7) is 1.42. The number of carbonyl (C=O) groups is 1. The fourth-order valence-corrected chi connectivity index (χ4v) is 2.91. The van der Waals surface area contributed by atoms with Crippen molar-refractivity contribution in [1.82, 2.24) is 14.9 Å². The van der Waals surface area contributed by atoms with Crippen molar-refractivity contribution in [2.45, 2.75) is 18.9 Å². The van der Waals surface area contributed by atoms with E-state index < -0.39 is 0 Å². The fourth-order valence-electron chi connectivity index (χ4n) is 2.91. The van der Waals surface area contributed by atoms with Crippen LogP contribution in [0.5, 0.6) is 17.4 Å². The van der Waals surface area contributed by atoms with E-state index in [2.05, 4.69) is 15.3 Å². The predicted octanol–water partition coefficient (Wildman–Crippen LogP) is 2.28. The summed E-state index contributed by atoms with van der Waals surface area (Å²) in [6.07, 6.45) is 4.77. The van der Waals surface area contributed by atoms with Gasteiger partial charge in [0, 0.05) is 30.6 Å². The first-order valence-electron chi connectivity index (χ1n) is 8.16. The Morgan fingerprint density at radius 1 is 1.28 bits per heavy atom. The molecule has 1 atom stereocenters. The lowest BCUT2D eigenvalue weighted by Crippen LogP contribution is -2.46. The van der Waals surface area contributed by atoms with Gasteiger partial charge in [-0.1, -0.05) is 0 Å². The standard InChI is InChI=1S/C17H18N4O4/c22-17(20-12-3-4-14-15(8-12)24-11-23-14)21-7-1-2-13(9-21)25-16-5-6-18-10-19-16/h3-6,8,10,13H,1-2,7,9,11H2,(H,20,22). The maximum Gasteiger partial charge on any atom is 0.321 e. The molecule has 1 unspecified atom stereocenters. The Bertz CT molecular complexity index is 756. The molecule has 0 bridgehead atoms. The lowest BCUT2D eigenvalue weighted by molar-refractivity contribution is 0.102. The van der Waals surface area contributed by atoms with Crippen molar-refractivity contribution in [2.75, 3.05) is 25.2 Å². The summed E-state index contributed by atoms with van der Waals surface area (Å²) in [4.78, 5) is 22.2. The lowest BCUT2D eigenvalue weighted by atomic mass is 10.1. The smallest absolute Gasteiger partial charge is 0.321 e. The van der Waals surface area contributed by atoms with Crippen LogP contribution in [0.3, 0.4) is 0 Å². The van der Waals surface area contributed by atoms with Crippen molar-refractivity contribution in [3.05, 3.63) is 36.8 Å². The molecule has 130 valence electrons. The molecule has 1 N–H and O–H groups in total. The topological polar surface area (TPSA) is 85.8 Å². The summed E-state index contributed by atoms with van der Waals surface area (Å²) in [5.74, 6) is 1.86. The van der Waals surface area contributed by atoms with Gasteiger partial charge in [-0.3, -0.25) is 0 Å². The van der Waals surface area contributed by atoms with Crippen LogP contribution >= 0.6 is 0 Å². The molecule has 2 amide bonds. The summed E-state index contributed by atoms with van der Waals surface area (Å²) < 4.78 is 16.4. The third-order valence-electron chi connectivity index (χ3n) is 4.13. The zero-order chi connectivity index (χ0) is 17.1. The molecule has 0 saturated carbocycles. The summed E-state index contributed by atoms with van der Waals surface area (Å²) in [5, 5.41) is 2.90. The molecule has 8 nitrogen and oxygen atoms in total. The van der Waals surface area contributed by atoms with Gasteiger partial charge in [0.15, 0.2) is 11.5 Å². The van der Waals surface area contributed by atoms with Crippen molar-refractivity contribution in [3.8, 4) is 17.4 Å². The minimum absolute atomic E-state index is 0.0776. The number of nitrogens with one attached hydrogen (secondary N) is 1. The molecule has 2 aliphatic heterocycles. The van der Waals surface area contributed by atoms with E-state index in [1.54, 1.807) is 35.4 Å². The van der Waals surface area contributed by atoms with Crippen LogP contribution in [0.4, 0.5) is 10.5 Å². The molecule has 2 aliphatic rings. The third-order valence-corrected chi connectivity index (χ3v) is 4.13. The highest BCUT2D eigenvalue weighted by Gasteiger charge is 2.25. The van der Waals surface area contributed by atoms with Crippen LogP contribution in [0.2, 0.25) is 0 Å². The van der Waals surface area contributed by atoms with E-state index in [1.165, 1.54) is 6.33 Å². The van der Waals surface area contributed by atoms with Crippen LogP contribution in [0.15, 0.2) is 36.8 Å². The van der Waals surface area contributed by atoms with Crippen LogP contribution < -0.4 is 19.5 Å². The number of likely N-dealkylation sites (tertiary alicyclic amines) is 1. The second-order valence-corrected chi connectivity index (χ2v) is 5.87. The highest BCUT2D eigenvalue weighted by molar-refractivity contribution is 5.89. The maximum absolute atomic E-state index is 12.5. The maximum atomic E-state index is 12.5. The van der Waals surface area contributed by atoms with E-state index in [1.807, 2.05) is 0 Å². The average molecular weight is 342 g/mol. The second kappa shape index (κ2) is 6.84. The number of amides is 2. The molecule has 25 heavy (non-hydrogen) atoms. The summed E-state index contributed by atoms with van der Waals surface area (Å²) in [6, 6.07) is 6.90. The number of aromatic nitrogens is 2. The van der Waals surface area contributed by atoms with Crippen molar-refractivity contribution >= 4 is 11.7 Å². The van der Waals surface area contributed by atoms with Crippen LogP contribution in [0.25, 0.3) is 0 Å². The number of nitrogens with zero attached hydrogens (tertiary/aromatic N) is 3. The van der Waals surface area contributed by atoms with Gasteiger partial charge >= 0.3 is 6.03 Å². The first-order valence-corrected chi connectivity index (χ1v) is 8.16. The summed E-state index contributed by atoms with van der Waals surface area (Å²) in [5.41, 5.74) is 0.674. The molecule has 2 aromatic rings. The van der Waals surface area contributed by atoms with Gasteiger partial charge in [-0.15, -0.1) is 0 Å². The number of fused-ring (bicyclic) bond motifs is 1. The molecule has 1 aromatic heterocycles. The molecule has 1 saturated heterocycles. The zero-order valence-corrected chi connectivity index (χ0v) is 13.6. The number of ether oxygens (including phenoxy) is 3. The zero-order valence-electron chi connectivity index (χ0n) is 13.6. The molecule has 3 heterocycles. The fraction of sp³-hybridized carbons (Fsp3) is 0.353. The normalized spacial score (nSPS) is 18.7. The van der Waals surface area contributed by atoms with E-state index in [-0.39, 0.29) is 18.9 Å². The Balaban J connectivity index is 1.36.